The van der Waals surface area contributed by atoms with E-state index in [1.54, 1.807) is 24.3 Å². The van der Waals surface area contributed by atoms with Crippen molar-refractivity contribution in [1.82, 2.24) is 5.32 Å². The second-order valence-corrected chi connectivity index (χ2v) is 6.52. The molecule has 0 fully saturated rings. The van der Waals surface area contributed by atoms with Gasteiger partial charge < -0.3 is 10.6 Å². The molecule has 0 saturated carbocycles. The molecule has 0 aromatic heterocycles. The second-order valence-electron chi connectivity index (χ2n) is 6.52. The zero-order chi connectivity index (χ0) is 20.0. The van der Waals surface area contributed by atoms with Gasteiger partial charge in [-0.3, -0.25) is 9.59 Å². The van der Waals surface area contributed by atoms with E-state index in [9.17, 15) is 22.8 Å². The van der Waals surface area contributed by atoms with Gasteiger partial charge in [0.1, 0.15) is 0 Å². The summed E-state index contributed by atoms with van der Waals surface area (Å²) in [5.41, 5.74) is 1.11. The van der Waals surface area contributed by atoms with Crippen molar-refractivity contribution in [2.45, 2.75) is 38.9 Å². The lowest BCUT2D eigenvalue weighted by molar-refractivity contribution is -0.137. The first kappa shape index (κ1) is 20.5. The van der Waals surface area contributed by atoms with Gasteiger partial charge in [0, 0.05) is 11.7 Å². The molecule has 0 radical (unpaired) electrons. The molecule has 0 bridgehead atoms. The highest BCUT2D eigenvalue weighted by atomic mass is 19.4. The Hall–Kier alpha value is -2.83. The first-order valence-corrected chi connectivity index (χ1v) is 8.48. The highest BCUT2D eigenvalue weighted by molar-refractivity contribution is 5.92. The van der Waals surface area contributed by atoms with E-state index in [0.717, 1.165) is 17.7 Å². The van der Waals surface area contributed by atoms with Gasteiger partial charge in [0.15, 0.2) is 0 Å². The molecule has 0 spiro atoms. The molecule has 2 aromatic rings. The van der Waals surface area contributed by atoms with Crippen LogP contribution in [0.25, 0.3) is 0 Å². The maximum Gasteiger partial charge on any atom is 0.416 e. The Kier molecular flexibility index (Phi) is 6.60. The van der Waals surface area contributed by atoms with E-state index in [1.165, 1.54) is 12.1 Å². The number of anilines is 1. The molecule has 0 aliphatic rings. The predicted octanol–water partition coefficient (Wildman–Crippen LogP) is 3.95. The summed E-state index contributed by atoms with van der Waals surface area (Å²) in [6.45, 7) is 3.76. The minimum atomic E-state index is -4.39. The van der Waals surface area contributed by atoms with Gasteiger partial charge in [-0.05, 0) is 49.2 Å². The third-order valence-electron chi connectivity index (χ3n) is 3.70. The van der Waals surface area contributed by atoms with Gasteiger partial charge >= 0.3 is 6.18 Å². The van der Waals surface area contributed by atoms with Crippen molar-refractivity contribution in [2.24, 2.45) is 0 Å². The number of benzene rings is 2. The quantitative estimate of drug-likeness (QED) is 0.800. The Bertz CT molecular complexity index is 782. The summed E-state index contributed by atoms with van der Waals surface area (Å²) in [6.07, 6.45) is -4.18. The highest BCUT2D eigenvalue weighted by Gasteiger charge is 2.29. The first-order chi connectivity index (χ1) is 12.6. The number of hydrogen-bond acceptors (Lipinski definition) is 2. The second kappa shape index (κ2) is 8.70. The maximum atomic E-state index is 12.5. The van der Waals surface area contributed by atoms with E-state index >= 15 is 0 Å². The Balaban J connectivity index is 1.89. The fourth-order valence-electron chi connectivity index (χ4n) is 2.47. The van der Waals surface area contributed by atoms with E-state index in [-0.39, 0.29) is 30.7 Å². The van der Waals surface area contributed by atoms with Crippen LogP contribution in [0, 0.1) is 0 Å². The van der Waals surface area contributed by atoms with E-state index in [2.05, 4.69) is 10.6 Å². The van der Waals surface area contributed by atoms with Crippen LogP contribution in [0.15, 0.2) is 48.5 Å². The van der Waals surface area contributed by atoms with Crippen LogP contribution >= 0.6 is 0 Å². The van der Waals surface area contributed by atoms with Crippen LogP contribution in [0.5, 0.6) is 0 Å². The van der Waals surface area contributed by atoms with Crippen LogP contribution in [-0.2, 0) is 28.6 Å². The summed E-state index contributed by atoms with van der Waals surface area (Å²) in [4.78, 5) is 23.8. The Morgan fingerprint density at radius 3 is 1.81 bits per heavy atom. The molecule has 144 valence electrons. The molecule has 0 aliphatic carbocycles. The van der Waals surface area contributed by atoms with E-state index in [1.807, 2.05) is 13.8 Å². The minimum Gasteiger partial charge on any atom is -0.354 e. The van der Waals surface area contributed by atoms with E-state index in [0.29, 0.717) is 11.3 Å². The highest BCUT2D eigenvalue weighted by Crippen LogP contribution is 2.29. The summed E-state index contributed by atoms with van der Waals surface area (Å²) in [7, 11) is 0. The van der Waals surface area contributed by atoms with Crippen LogP contribution in [0.4, 0.5) is 18.9 Å². The molecule has 2 aromatic carbocycles. The standard InChI is InChI=1S/C20H21F3N2O2/c1-13(2)24-18(26)11-15-5-9-17(10-6-15)25-19(27)12-14-3-7-16(8-4-14)20(21,22)23/h3-10,13H,11-12H2,1-2H3,(H,24,26)(H,25,27). The number of nitrogens with one attached hydrogen (secondary N) is 2. The Morgan fingerprint density at radius 2 is 1.33 bits per heavy atom. The van der Waals surface area contributed by atoms with Gasteiger partial charge in [-0.25, -0.2) is 0 Å². The number of rotatable bonds is 6. The van der Waals surface area contributed by atoms with Gasteiger partial charge in [-0.15, -0.1) is 0 Å². The predicted molar refractivity (Wildman–Crippen MR) is 97.2 cm³/mol. The molecule has 4 nitrogen and oxygen atoms in total. The van der Waals surface area contributed by atoms with Crippen LogP contribution in [0.3, 0.4) is 0 Å². The zero-order valence-corrected chi connectivity index (χ0v) is 15.1. The molecule has 2 N–H and O–H groups in total. The number of halogens is 3. The lowest BCUT2D eigenvalue weighted by Gasteiger charge is -2.10. The fraction of sp³-hybridized carbons (Fsp3) is 0.300. The normalized spacial score (nSPS) is 11.3. The van der Waals surface area contributed by atoms with Gasteiger partial charge in [-0.2, -0.15) is 13.2 Å². The summed E-state index contributed by atoms with van der Waals surface area (Å²) in [5.74, 6) is -0.413. The Morgan fingerprint density at radius 1 is 0.852 bits per heavy atom. The van der Waals surface area contributed by atoms with Crippen molar-refractivity contribution in [3.8, 4) is 0 Å². The third-order valence-corrected chi connectivity index (χ3v) is 3.70. The van der Waals surface area contributed by atoms with Crippen molar-refractivity contribution >= 4 is 17.5 Å². The van der Waals surface area contributed by atoms with Crippen molar-refractivity contribution in [1.29, 1.82) is 0 Å². The molecule has 2 amide bonds. The van der Waals surface area contributed by atoms with Crippen LogP contribution < -0.4 is 10.6 Å². The van der Waals surface area contributed by atoms with Crippen LogP contribution in [0.1, 0.15) is 30.5 Å². The Labute approximate surface area is 155 Å². The summed E-state index contributed by atoms with van der Waals surface area (Å²) in [6, 6.07) is 11.4. The van der Waals surface area contributed by atoms with Gasteiger partial charge in [0.2, 0.25) is 11.8 Å². The largest absolute Gasteiger partial charge is 0.416 e. The van der Waals surface area contributed by atoms with Crippen molar-refractivity contribution < 1.29 is 22.8 Å². The lowest BCUT2D eigenvalue weighted by atomic mass is 10.1. The van der Waals surface area contributed by atoms with Crippen LogP contribution in [-0.4, -0.2) is 17.9 Å². The molecule has 0 heterocycles. The number of carbonyl (C=O) groups excluding carboxylic acids is 2. The summed E-state index contributed by atoms with van der Waals surface area (Å²) >= 11 is 0. The third kappa shape index (κ3) is 6.77. The topological polar surface area (TPSA) is 58.2 Å². The summed E-state index contributed by atoms with van der Waals surface area (Å²) < 4.78 is 37.6. The van der Waals surface area contributed by atoms with Crippen LogP contribution in [0.2, 0.25) is 0 Å². The first-order valence-electron chi connectivity index (χ1n) is 8.48. The van der Waals surface area contributed by atoms with Crippen molar-refractivity contribution in [3.05, 3.63) is 65.2 Å². The molecular weight excluding hydrogens is 357 g/mol. The van der Waals surface area contributed by atoms with Crippen molar-refractivity contribution in [3.63, 3.8) is 0 Å². The molecule has 0 unspecified atom stereocenters. The minimum absolute atomic E-state index is 0.0311. The van der Waals surface area contributed by atoms with Gasteiger partial charge in [0.25, 0.3) is 0 Å². The fourth-order valence-corrected chi connectivity index (χ4v) is 2.47. The van der Waals surface area contributed by atoms with E-state index < -0.39 is 11.7 Å². The molecule has 2 rings (SSSR count). The lowest BCUT2D eigenvalue weighted by Crippen LogP contribution is -2.31. The molecular formula is C20H21F3N2O2. The monoisotopic (exact) mass is 378 g/mol. The number of hydrogen-bond donors (Lipinski definition) is 2. The maximum absolute atomic E-state index is 12.5. The van der Waals surface area contributed by atoms with Gasteiger partial charge in [-0.1, -0.05) is 24.3 Å². The van der Waals surface area contributed by atoms with E-state index in [4.69, 9.17) is 0 Å². The number of alkyl halides is 3. The molecule has 7 heteroatoms. The van der Waals surface area contributed by atoms with Crippen molar-refractivity contribution in [2.75, 3.05) is 5.32 Å². The average molecular weight is 378 g/mol. The van der Waals surface area contributed by atoms with Gasteiger partial charge in [0.05, 0.1) is 18.4 Å². The SMILES string of the molecule is CC(C)NC(=O)Cc1ccc(NC(=O)Cc2ccc(C(F)(F)F)cc2)cc1. The molecule has 0 atom stereocenters. The zero-order valence-electron chi connectivity index (χ0n) is 15.1. The molecule has 0 aliphatic heterocycles. The number of carbonyl (C=O) groups is 2. The smallest absolute Gasteiger partial charge is 0.354 e. The molecule has 27 heavy (non-hydrogen) atoms. The summed E-state index contributed by atoms with van der Waals surface area (Å²) in [5, 5.41) is 5.49. The molecule has 0 saturated heterocycles. The average Bonchev–Trinajstić information content (AvgIpc) is 2.55. The number of amides is 2.